The third kappa shape index (κ3) is 3.95. The van der Waals surface area contributed by atoms with Crippen molar-refractivity contribution >= 4 is 21.9 Å². The largest absolute Gasteiger partial charge is 0.481 e. The maximum atomic E-state index is 9.32. The van der Waals surface area contributed by atoms with Gasteiger partial charge in [-0.2, -0.15) is 0 Å². The van der Waals surface area contributed by atoms with Gasteiger partial charge >= 0.3 is 5.97 Å². The molecular weight excluding hydrogens is 138 g/mol. The number of carbonyl (C=O) groups is 1. The van der Waals surface area contributed by atoms with Gasteiger partial charge in [0.2, 0.25) is 0 Å². The monoisotopic (exact) mass is 140 g/mol. The Balaban J connectivity index is 2.85. The average Bonchev–Trinajstić information content (AvgIpc) is 1.38. The molecule has 0 saturated carbocycles. The van der Waals surface area contributed by atoms with E-state index >= 15 is 0 Å². The van der Waals surface area contributed by atoms with Crippen LogP contribution in [0.4, 0.5) is 0 Å². The number of aliphatic carboxylic acids is 1. The summed E-state index contributed by atoms with van der Waals surface area (Å²) in [6.07, 6.45) is 0. The molecule has 2 nitrogen and oxygen atoms in total. The van der Waals surface area contributed by atoms with E-state index in [1.165, 1.54) is 0 Å². The first-order chi connectivity index (χ1) is 2.27. The minimum Gasteiger partial charge on any atom is -0.481 e. The lowest BCUT2D eigenvalue weighted by atomic mass is 11.8. The van der Waals surface area contributed by atoms with Crippen LogP contribution in [0.2, 0.25) is 0 Å². The molecule has 3 heteroatoms. The molecule has 0 aromatic heterocycles. The normalized spacial score (nSPS) is 7.40. The number of hydrogen-bond donors (Lipinski definition) is 1. The summed E-state index contributed by atoms with van der Waals surface area (Å²) in [4.78, 5) is 9.32. The van der Waals surface area contributed by atoms with Crippen LogP contribution in [0.5, 0.6) is 0 Å². The molecule has 0 unspecified atom stereocenters. The Labute approximate surface area is 37.9 Å². The van der Waals surface area contributed by atoms with E-state index in [0.29, 0.717) is 0 Å². The Kier molecular flexibility index (Phi) is 2.18. The summed E-state index contributed by atoms with van der Waals surface area (Å²) in [6, 6.07) is 0. The Morgan fingerprint density at radius 1 is 2.00 bits per heavy atom. The van der Waals surface area contributed by atoms with Gasteiger partial charge in [0.1, 0.15) is 5.33 Å². The topological polar surface area (TPSA) is 37.3 Å². The van der Waals surface area contributed by atoms with Crippen LogP contribution in [-0.4, -0.2) is 16.4 Å². The minimum absolute atomic E-state index is 0.0347. The molecular formula is C2H3BrO2. The second-order valence-electron chi connectivity index (χ2n) is 0.527. The molecule has 0 rings (SSSR count). The van der Waals surface area contributed by atoms with E-state index in [1.54, 1.807) is 0 Å². The smallest absolute Gasteiger partial charge is 0.314 e. The molecule has 0 atom stereocenters. The molecule has 5 heavy (non-hydrogen) atoms. The Bertz CT molecular complexity index is 42.9. The van der Waals surface area contributed by atoms with Crippen LogP contribution in [-0.2, 0) is 4.79 Å². The third-order valence-corrected chi connectivity index (χ3v) is 0.594. The van der Waals surface area contributed by atoms with Crippen LogP contribution in [0.3, 0.4) is 0 Å². The van der Waals surface area contributed by atoms with Crippen molar-refractivity contribution in [2.45, 2.75) is 0 Å². The van der Waals surface area contributed by atoms with Gasteiger partial charge in [0, 0.05) is 0 Å². The van der Waals surface area contributed by atoms with Crippen LogP contribution in [0, 0.1) is 0 Å². The van der Waals surface area contributed by atoms with Crippen molar-refractivity contribution in [3.8, 4) is 0 Å². The van der Waals surface area contributed by atoms with E-state index in [9.17, 15) is 4.79 Å². The molecule has 30 valence electrons. The lowest BCUT2D eigenvalue weighted by Gasteiger charge is -1.70. The zero-order valence-electron chi connectivity index (χ0n) is 2.44. The van der Waals surface area contributed by atoms with E-state index in [2.05, 4.69) is 15.9 Å². The maximum Gasteiger partial charge on any atom is 0.314 e. The van der Waals surface area contributed by atoms with Gasteiger partial charge in [0.25, 0.3) is 0 Å². The predicted molar refractivity (Wildman–Crippen MR) is 21.4 cm³/mol. The molecule has 0 aromatic rings. The van der Waals surface area contributed by atoms with Crippen molar-refractivity contribution in [3.05, 3.63) is 0 Å². The van der Waals surface area contributed by atoms with Crippen molar-refractivity contribution in [1.82, 2.24) is 0 Å². The van der Waals surface area contributed by atoms with Gasteiger partial charge < -0.3 is 5.11 Å². The fourth-order valence-electron chi connectivity index (χ4n) is 0. The molecule has 0 amide bonds. The lowest BCUT2D eigenvalue weighted by molar-refractivity contribution is -0.133. The number of carboxylic acids is 1. The first-order valence-corrected chi connectivity index (χ1v) is 2.17. The van der Waals surface area contributed by atoms with E-state index < -0.39 is 5.97 Å². The van der Waals surface area contributed by atoms with Gasteiger partial charge in [0.15, 0.2) is 0 Å². The SMILES string of the molecule is O=[13C](O)[13CH2]Br. The molecule has 0 saturated heterocycles. The van der Waals surface area contributed by atoms with Crippen molar-refractivity contribution in [1.29, 1.82) is 0 Å². The third-order valence-electron chi connectivity index (χ3n) is 0.114. The second kappa shape index (κ2) is 2.20. The molecule has 0 heterocycles. The van der Waals surface area contributed by atoms with Crippen LogP contribution in [0.1, 0.15) is 0 Å². The molecule has 0 aliphatic rings. The number of carboxylic acid groups (broad SMARTS) is 1. The molecule has 0 spiro atoms. The highest BCUT2D eigenvalue weighted by Crippen LogP contribution is 1.73. The van der Waals surface area contributed by atoms with Gasteiger partial charge in [0.05, 0.1) is 0 Å². The van der Waals surface area contributed by atoms with Crippen molar-refractivity contribution in [2.24, 2.45) is 0 Å². The molecule has 0 aliphatic heterocycles. The van der Waals surface area contributed by atoms with Crippen LogP contribution in [0.15, 0.2) is 0 Å². The molecule has 0 bridgehead atoms. The van der Waals surface area contributed by atoms with Gasteiger partial charge in [-0.1, -0.05) is 15.9 Å². The fraction of sp³-hybridized carbons (Fsp3) is 0.500. The highest BCUT2D eigenvalue weighted by molar-refractivity contribution is 9.09. The summed E-state index contributed by atoms with van der Waals surface area (Å²) in [7, 11) is 0. The standard InChI is InChI=1S/C2H3BrO2/c3-1-2(4)5/h1H2,(H,4,5)/i1+1,2+1. The first kappa shape index (κ1) is 4.95. The van der Waals surface area contributed by atoms with E-state index in [0.717, 1.165) is 0 Å². The summed E-state index contributed by atoms with van der Waals surface area (Å²) < 4.78 is 0. The molecule has 0 fully saturated rings. The average molecular weight is 141 g/mol. The summed E-state index contributed by atoms with van der Waals surface area (Å²) >= 11 is 2.71. The van der Waals surface area contributed by atoms with E-state index in [1.807, 2.05) is 0 Å². The van der Waals surface area contributed by atoms with Gasteiger partial charge in [-0.3, -0.25) is 4.79 Å². The Hall–Kier alpha value is -0.0500. The molecule has 0 radical (unpaired) electrons. The zero-order chi connectivity index (χ0) is 4.28. The molecule has 0 aliphatic carbocycles. The first-order valence-electron chi connectivity index (χ1n) is 1.05. The summed E-state index contributed by atoms with van der Waals surface area (Å²) in [5.41, 5.74) is 0. The Morgan fingerprint density at radius 2 is 2.20 bits per heavy atom. The summed E-state index contributed by atoms with van der Waals surface area (Å²) in [5.74, 6) is -0.829. The van der Waals surface area contributed by atoms with E-state index in [-0.39, 0.29) is 5.33 Å². The van der Waals surface area contributed by atoms with Gasteiger partial charge in [-0.25, -0.2) is 0 Å². The predicted octanol–water partition coefficient (Wildman–Crippen LogP) is 0.466. The number of rotatable bonds is 1. The second-order valence-corrected chi connectivity index (χ2v) is 1.09. The lowest BCUT2D eigenvalue weighted by Crippen LogP contribution is -1.92. The number of hydrogen-bond acceptors (Lipinski definition) is 1. The van der Waals surface area contributed by atoms with Gasteiger partial charge in [-0.05, 0) is 0 Å². The van der Waals surface area contributed by atoms with Crippen LogP contribution < -0.4 is 0 Å². The number of alkyl halides is 1. The summed E-state index contributed by atoms with van der Waals surface area (Å²) in [5, 5.41) is 7.71. The van der Waals surface area contributed by atoms with Gasteiger partial charge in [-0.15, -0.1) is 0 Å². The van der Waals surface area contributed by atoms with Crippen molar-refractivity contribution < 1.29 is 9.90 Å². The summed E-state index contributed by atoms with van der Waals surface area (Å²) in [6.45, 7) is 0. The van der Waals surface area contributed by atoms with E-state index in [4.69, 9.17) is 5.11 Å². The highest BCUT2D eigenvalue weighted by atomic mass is 79.9. The van der Waals surface area contributed by atoms with Crippen molar-refractivity contribution in [3.63, 3.8) is 0 Å². The minimum atomic E-state index is -0.829. The fourth-order valence-corrected chi connectivity index (χ4v) is 0. The zero-order valence-corrected chi connectivity index (χ0v) is 4.03. The molecule has 0 aromatic carbocycles. The number of halogens is 1. The van der Waals surface area contributed by atoms with Crippen LogP contribution in [0.25, 0.3) is 0 Å². The van der Waals surface area contributed by atoms with Crippen LogP contribution >= 0.6 is 15.9 Å². The highest BCUT2D eigenvalue weighted by Gasteiger charge is 1.83. The quantitative estimate of drug-likeness (QED) is 0.425. The Morgan fingerprint density at radius 3 is 2.20 bits per heavy atom. The molecule has 1 N–H and O–H groups in total. The maximum absolute atomic E-state index is 9.32. The van der Waals surface area contributed by atoms with Crippen molar-refractivity contribution in [2.75, 3.05) is 5.33 Å².